The van der Waals surface area contributed by atoms with Crippen molar-refractivity contribution in [1.82, 2.24) is 10.2 Å². The molecule has 18 heavy (non-hydrogen) atoms. The molecule has 0 aliphatic heterocycles. The van der Waals surface area contributed by atoms with E-state index < -0.39 is 0 Å². The summed E-state index contributed by atoms with van der Waals surface area (Å²) in [4.78, 5) is 1.95. The van der Waals surface area contributed by atoms with E-state index in [4.69, 9.17) is 10.5 Å². The van der Waals surface area contributed by atoms with E-state index in [1.165, 1.54) is 0 Å². The van der Waals surface area contributed by atoms with Gasteiger partial charge in [-0.05, 0) is 17.7 Å². The van der Waals surface area contributed by atoms with Crippen LogP contribution >= 0.6 is 11.3 Å². The summed E-state index contributed by atoms with van der Waals surface area (Å²) in [5.41, 5.74) is 7.63. The maximum Gasteiger partial charge on any atom is 0.207 e. The summed E-state index contributed by atoms with van der Waals surface area (Å²) in [6.07, 6.45) is 0.736. The minimum absolute atomic E-state index is 0.646. The van der Waals surface area contributed by atoms with Crippen molar-refractivity contribution in [2.75, 3.05) is 31.8 Å². The van der Waals surface area contributed by atoms with Crippen LogP contribution in [0.15, 0.2) is 18.2 Å². The van der Waals surface area contributed by atoms with Crippen LogP contribution < -0.4 is 15.4 Å². The average Bonchev–Trinajstić information content (AvgIpc) is 2.78. The number of anilines is 2. The number of hydrogen-bond acceptors (Lipinski definition) is 6. The summed E-state index contributed by atoms with van der Waals surface area (Å²) in [5.74, 6) is 0.699. The molecule has 5 nitrogen and oxygen atoms in total. The third kappa shape index (κ3) is 2.70. The van der Waals surface area contributed by atoms with Gasteiger partial charge in [0.15, 0.2) is 0 Å². The second kappa shape index (κ2) is 5.22. The Balaban J connectivity index is 2.15. The first-order valence-corrected chi connectivity index (χ1v) is 6.34. The lowest BCUT2D eigenvalue weighted by Crippen LogP contribution is -2.07. The van der Waals surface area contributed by atoms with E-state index >= 15 is 0 Å². The molecule has 2 aromatic rings. The number of rotatable bonds is 4. The number of nitrogens with zero attached hydrogens (tertiary/aromatic N) is 3. The van der Waals surface area contributed by atoms with Crippen LogP contribution in [0.25, 0.3) is 0 Å². The Morgan fingerprint density at radius 3 is 2.67 bits per heavy atom. The molecule has 2 N–H and O–H groups in total. The van der Waals surface area contributed by atoms with E-state index in [1.54, 1.807) is 18.4 Å². The molecule has 0 saturated heterocycles. The highest BCUT2D eigenvalue weighted by Crippen LogP contribution is 2.25. The van der Waals surface area contributed by atoms with Crippen molar-refractivity contribution < 1.29 is 4.74 Å². The van der Waals surface area contributed by atoms with Gasteiger partial charge in [-0.15, -0.1) is 10.2 Å². The van der Waals surface area contributed by atoms with Crippen LogP contribution in [0.2, 0.25) is 0 Å². The second-order valence-electron chi connectivity index (χ2n) is 4.13. The first kappa shape index (κ1) is 12.6. The van der Waals surface area contributed by atoms with Crippen molar-refractivity contribution in [3.63, 3.8) is 0 Å². The van der Waals surface area contributed by atoms with E-state index in [0.717, 1.165) is 22.1 Å². The Morgan fingerprint density at radius 2 is 2.11 bits per heavy atom. The number of benzene rings is 1. The highest BCUT2D eigenvalue weighted by molar-refractivity contribution is 7.15. The van der Waals surface area contributed by atoms with Gasteiger partial charge in [0.25, 0.3) is 0 Å². The molecular weight excluding hydrogens is 248 g/mol. The van der Waals surface area contributed by atoms with Gasteiger partial charge in [-0.3, -0.25) is 0 Å². The zero-order valence-corrected chi connectivity index (χ0v) is 11.5. The predicted molar refractivity (Wildman–Crippen MR) is 74.4 cm³/mol. The molecule has 0 saturated carbocycles. The van der Waals surface area contributed by atoms with Crippen LogP contribution in [0.4, 0.5) is 10.8 Å². The quantitative estimate of drug-likeness (QED) is 0.853. The normalized spacial score (nSPS) is 10.4. The van der Waals surface area contributed by atoms with Crippen molar-refractivity contribution in [2.45, 2.75) is 6.42 Å². The molecule has 1 aromatic heterocycles. The summed E-state index contributed by atoms with van der Waals surface area (Å²) in [7, 11) is 5.52. The Morgan fingerprint density at radius 1 is 1.33 bits per heavy atom. The monoisotopic (exact) mass is 264 g/mol. The highest BCUT2D eigenvalue weighted by atomic mass is 32.1. The Hall–Kier alpha value is -1.82. The molecule has 0 aliphatic carbocycles. The molecule has 1 heterocycles. The van der Waals surface area contributed by atoms with Gasteiger partial charge >= 0.3 is 0 Å². The van der Waals surface area contributed by atoms with E-state index in [-0.39, 0.29) is 0 Å². The Labute approximate surface area is 110 Å². The smallest absolute Gasteiger partial charge is 0.207 e. The van der Waals surface area contributed by atoms with Crippen LogP contribution in [0.5, 0.6) is 5.75 Å². The van der Waals surface area contributed by atoms with Gasteiger partial charge in [0.1, 0.15) is 10.8 Å². The number of ether oxygens (including phenoxy) is 1. The standard InChI is InChI=1S/C12H16N4OS/c1-16(2)12-15-14-11(18-12)7-8-4-5-10(17-3)9(13)6-8/h4-6H,7,13H2,1-3H3. The van der Waals surface area contributed by atoms with Crippen LogP contribution in [0.3, 0.4) is 0 Å². The molecule has 0 aliphatic rings. The zero-order valence-electron chi connectivity index (χ0n) is 10.7. The van der Waals surface area contributed by atoms with Gasteiger partial charge in [-0.1, -0.05) is 17.4 Å². The number of methoxy groups -OCH3 is 1. The number of nitrogens with two attached hydrogens (primary N) is 1. The minimum atomic E-state index is 0.646. The second-order valence-corrected chi connectivity index (χ2v) is 5.17. The molecule has 96 valence electrons. The van der Waals surface area contributed by atoms with E-state index in [2.05, 4.69) is 10.2 Å². The lowest BCUT2D eigenvalue weighted by Gasteiger charge is -2.06. The molecule has 0 unspecified atom stereocenters. The number of aromatic nitrogens is 2. The predicted octanol–water partition coefficient (Wildman–Crippen LogP) is 1.79. The van der Waals surface area contributed by atoms with Gasteiger partial charge in [-0.25, -0.2) is 0 Å². The third-order valence-corrected chi connectivity index (χ3v) is 3.58. The van der Waals surface area contributed by atoms with Crippen molar-refractivity contribution in [2.24, 2.45) is 0 Å². The molecule has 0 fully saturated rings. The van der Waals surface area contributed by atoms with Crippen LogP contribution in [0.1, 0.15) is 10.6 Å². The molecule has 0 amide bonds. The van der Waals surface area contributed by atoms with Gasteiger partial charge < -0.3 is 15.4 Å². The summed E-state index contributed by atoms with van der Waals surface area (Å²) < 4.78 is 5.13. The third-order valence-electron chi connectivity index (χ3n) is 2.49. The van der Waals surface area contributed by atoms with Gasteiger partial charge in [0.05, 0.1) is 12.8 Å². The maximum absolute atomic E-state index is 5.87. The number of hydrogen-bond donors (Lipinski definition) is 1. The molecule has 0 radical (unpaired) electrons. The molecule has 6 heteroatoms. The summed E-state index contributed by atoms with van der Waals surface area (Å²) in [6.45, 7) is 0. The fourth-order valence-corrected chi connectivity index (χ4v) is 2.36. The van der Waals surface area contributed by atoms with Gasteiger partial charge in [-0.2, -0.15) is 0 Å². The van der Waals surface area contributed by atoms with Crippen molar-refractivity contribution >= 4 is 22.2 Å². The van der Waals surface area contributed by atoms with E-state index in [0.29, 0.717) is 11.4 Å². The lowest BCUT2D eigenvalue weighted by molar-refractivity contribution is 0.417. The highest BCUT2D eigenvalue weighted by Gasteiger charge is 2.08. The summed E-state index contributed by atoms with van der Waals surface area (Å²) in [6, 6.07) is 5.78. The Bertz CT molecular complexity index is 539. The van der Waals surface area contributed by atoms with Crippen molar-refractivity contribution in [3.05, 3.63) is 28.8 Å². The summed E-state index contributed by atoms with van der Waals surface area (Å²) >= 11 is 1.58. The minimum Gasteiger partial charge on any atom is -0.495 e. The Kier molecular flexibility index (Phi) is 3.66. The number of nitrogen functional groups attached to an aromatic ring is 1. The maximum atomic E-state index is 5.87. The van der Waals surface area contributed by atoms with E-state index in [9.17, 15) is 0 Å². The van der Waals surface area contributed by atoms with Crippen LogP contribution in [-0.2, 0) is 6.42 Å². The largest absolute Gasteiger partial charge is 0.495 e. The zero-order chi connectivity index (χ0) is 13.1. The summed E-state index contributed by atoms with van der Waals surface area (Å²) in [5, 5.41) is 10.2. The van der Waals surface area contributed by atoms with Crippen LogP contribution in [-0.4, -0.2) is 31.4 Å². The SMILES string of the molecule is COc1ccc(Cc2nnc(N(C)C)s2)cc1N. The van der Waals surface area contributed by atoms with Gasteiger partial charge in [0, 0.05) is 20.5 Å². The molecular formula is C12H16N4OS. The molecule has 0 atom stereocenters. The average molecular weight is 264 g/mol. The van der Waals surface area contributed by atoms with Crippen LogP contribution in [0, 0.1) is 0 Å². The lowest BCUT2D eigenvalue weighted by atomic mass is 10.1. The first-order valence-electron chi connectivity index (χ1n) is 5.52. The topological polar surface area (TPSA) is 64.3 Å². The molecule has 0 bridgehead atoms. The fraction of sp³-hybridized carbons (Fsp3) is 0.333. The molecule has 1 aromatic carbocycles. The van der Waals surface area contributed by atoms with Crippen molar-refractivity contribution in [3.8, 4) is 5.75 Å². The fourth-order valence-electron chi connectivity index (χ4n) is 1.57. The van der Waals surface area contributed by atoms with E-state index in [1.807, 2.05) is 37.2 Å². The molecule has 2 rings (SSSR count). The first-order chi connectivity index (χ1) is 8.60. The van der Waals surface area contributed by atoms with Crippen molar-refractivity contribution in [1.29, 1.82) is 0 Å². The molecule has 0 spiro atoms. The van der Waals surface area contributed by atoms with Gasteiger partial charge in [0.2, 0.25) is 5.13 Å².